The molecule has 1 N–H and O–H groups in total. The van der Waals surface area contributed by atoms with Gasteiger partial charge in [0.25, 0.3) is 0 Å². The van der Waals surface area contributed by atoms with Crippen LogP contribution in [0.15, 0.2) is 54.6 Å². The number of carbonyl (C=O) groups excluding carboxylic acids is 1. The van der Waals surface area contributed by atoms with Crippen LogP contribution in [0.1, 0.15) is 15.9 Å². The third-order valence-electron chi connectivity index (χ3n) is 2.55. The first-order chi connectivity index (χ1) is 8.79. The number of ketones is 1. The number of Topliss-reactive ketones (excluding diaryl/α,β-unsaturated/α-hetero) is 1. The van der Waals surface area contributed by atoms with Crippen molar-refractivity contribution in [2.24, 2.45) is 0 Å². The largest absolute Gasteiger partial charge is 0.489 e. The first-order valence-corrected chi connectivity index (χ1v) is 5.70. The van der Waals surface area contributed by atoms with Gasteiger partial charge in [0.15, 0.2) is 5.78 Å². The highest BCUT2D eigenvalue weighted by Crippen LogP contribution is 2.15. The number of hydrogen-bond acceptors (Lipinski definition) is 3. The average molecular weight is 242 g/mol. The van der Waals surface area contributed by atoms with Crippen molar-refractivity contribution >= 4 is 5.78 Å². The van der Waals surface area contributed by atoms with Crippen molar-refractivity contribution in [3.05, 3.63) is 65.7 Å². The van der Waals surface area contributed by atoms with E-state index < -0.39 is 6.61 Å². The number of aliphatic hydroxyl groups excluding tert-OH is 1. The summed E-state index contributed by atoms with van der Waals surface area (Å²) < 4.78 is 5.59. The van der Waals surface area contributed by atoms with Gasteiger partial charge in [-0.15, -0.1) is 0 Å². The van der Waals surface area contributed by atoms with Crippen LogP contribution >= 0.6 is 0 Å². The molecular formula is C15H14O3. The number of benzene rings is 2. The Labute approximate surface area is 106 Å². The monoisotopic (exact) mass is 242 g/mol. The summed E-state index contributed by atoms with van der Waals surface area (Å²) in [5.74, 6) is 0.318. The zero-order valence-electron chi connectivity index (χ0n) is 9.87. The van der Waals surface area contributed by atoms with Crippen LogP contribution in [0.3, 0.4) is 0 Å². The lowest BCUT2D eigenvalue weighted by atomic mass is 10.1. The second-order valence-electron chi connectivity index (χ2n) is 3.88. The summed E-state index contributed by atoms with van der Waals surface area (Å²) in [6.07, 6.45) is 0. The lowest BCUT2D eigenvalue weighted by molar-refractivity contribution is 0.0903. The molecule has 2 rings (SSSR count). The van der Waals surface area contributed by atoms with E-state index in [1.807, 2.05) is 30.3 Å². The van der Waals surface area contributed by atoms with Gasteiger partial charge >= 0.3 is 0 Å². The molecule has 0 aromatic heterocycles. The third-order valence-corrected chi connectivity index (χ3v) is 2.55. The van der Waals surface area contributed by atoms with Gasteiger partial charge in [0.1, 0.15) is 19.0 Å². The Morgan fingerprint density at radius 3 is 2.56 bits per heavy atom. The van der Waals surface area contributed by atoms with Crippen LogP contribution in [0.25, 0.3) is 0 Å². The van der Waals surface area contributed by atoms with Crippen LogP contribution in [-0.2, 0) is 6.61 Å². The summed E-state index contributed by atoms with van der Waals surface area (Å²) in [4.78, 5) is 11.3. The molecule has 0 unspecified atom stereocenters. The number of hydrogen-bond donors (Lipinski definition) is 1. The van der Waals surface area contributed by atoms with Crippen molar-refractivity contribution in [1.29, 1.82) is 0 Å². The highest BCUT2D eigenvalue weighted by atomic mass is 16.5. The molecular weight excluding hydrogens is 228 g/mol. The van der Waals surface area contributed by atoms with Crippen LogP contribution in [0, 0.1) is 0 Å². The maximum atomic E-state index is 11.3. The zero-order valence-corrected chi connectivity index (χ0v) is 9.87. The second-order valence-corrected chi connectivity index (χ2v) is 3.88. The van der Waals surface area contributed by atoms with Crippen molar-refractivity contribution in [3.8, 4) is 5.75 Å². The molecule has 0 saturated carbocycles. The highest BCUT2D eigenvalue weighted by molar-refractivity contribution is 5.97. The van der Waals surface area contributed by atoms with E-state index in [9.17, 15) is 4.79 Å². The van der Waals surface area contributed by atoms with Gasteiger partial charge in [-0.25, -0.2) is 0 Å². The van der Waals surface area contributed by atoms with Crippen molar-refractivity contribution < 1.29 is 14.6 Å². The molecule has 2 aromatic rings. The minimum Gasteiger partial charge on any atom is -0.489 e. The van der Waals surface area contributed by atoms with Crippen LogP contribution in [0.4, 0.5) is 0 Å². The maximum Gasteiger partial charge on any atom is 0.188 e. The van der Waals surface area contributed by atoms with Gasteiger partial charge in [-0.3, -0.25) is 4.79 Å². The van der Waals surface area contributed by atoms with Crippen LogP contribution < -0.4 is 4.74 Å². The summed E-state index contributed by atoms with van der Waals surface area (Å²) >= 11 is 0. The second kappa shape index (κ2) is 5.98. The topological polar surface area (TPSA) is 46.5 Å². The van der Waals surface area contributed by atoms with E-state index in [0.29, 0.717) is 17.9 Å². The maximum absolute atomic E-state index is 11.3. The number of ether oxygens (including phenoxy) is 1. The molecule has 0 spiro atoms. The van der Waals surface area contributed by atoms with Gasteiger partial charge in [0, 0.05) is 5.56 Å². The lowest BCUT2D eigenvalue weighted by Crippen LogP contribution is -2.04. The molecule has 92 valence electrons. The van der Waals surface area contributed by atoms with Crippen LogP contribution in [-0.4, -0.2) is 17.5 Å². The molecule has 0 saturated heterocycles. The van der Waals surface area contributed by atoms with E-state index >= 15 is 0 Å². The van der Waals surface area contributed by atoms with E-state index in [0.717, 1.165) is 5.56 Å². The highest BCUT2D eigenvalue weighted by Gasteiger charge is 2.05. The standard InChI is InChI=1S/C15H14O3/c16-10-15(17)13-7-4-8-14(9-13)18-11-12-5-2-1-3-6-12/h1-9,16H,10-11H2. The normalized spacial score (nSPS) is 10.1. The Bertz CT molecular complexity index is 520. The first kappa shape index (κ1) is 12.3. The fraction of sp³-hybridized carbons (Fsp3) is 0.133. The molecule has 0 aliphatic carbocycles. The molecule has 0 aliphatic heterocycles. The molecule has 3 nitrogen and oxygen atoms in total. The average Bonchev–Trinajstić information content (AvgIpc) is 2.45. The summed E-state index contributed by atoms with van der Waals surface area (Å²) in [5, 5.41) is 8.80. The van der Waals surface area contributed by atoms with Crippen molar-refractivity contribution in [2.45, 2.75) is 6.61 Å². The molecule has 0 bridgehead atoms. The molecule has 3 heteroatoms. The van der Waals surface area contributed by atoms with E-state index in [-0.39, 0.29) is 5.78 Å². The smallest absolute Gasteiger partial charge is 0.188 e. The fourth-order valence-corrected chi connectivity index (χ4v) is 1.59. The summed E-state index contributed by atoms with van der Waals surface area (Å²) in [6, 6.07) is 16.6. The number of rotatable bonds is 5. The predicted molar refractivity (Wildman–Crippen MR) is 68.6 cm³/mol. The van der Waals surface area contributed by atoms with Crippen molar-refractivity contribution in [3.63, 3.8) is 0 Å². The summed E-state index contributed by atoms with van der Waals surface area (Å²) in [5.41, 5.74) is 1.53. The Morgan fingerprint density at radius 2 is 1.83 bits per heavy atom. The third kappa shape index (κ3) is 3.18. The molecule has 18 heavy (non-hydrogen) atoms. The van der Waals surface area contributed by atoms with Crippen LogP contribution in [0.2, 0.25) is 0 Å². The first-order valence-electron chi connectivity index (χ1n) is 5.70. The van der Waals surface area contributed by atoms with E-state index in [1.165, 1.54) is 0 Å². The summed E-state index contributed by atoms with van der Waals surface area (Å²) in [7, 11) is 0. The molecule has 0 radical (unpaired) electrons. The van der Waals surface area contributed by atoms with Crippen LogP contribution in [0.5, 0.6) is 5.75 Å². The Morgan fingerprint density at radius 1 is 1.06 bits per heavy atom. The van der Waals surface area contributed by atoms with Crippen molar-refractivity contribution in [2.75, 3.05) is 6.61 Å². The van der Waals surface area contributed by atoms with Gasteiger partial charge < -0.3 is 9.84 Å². The van der Waals surface area contributed by atoms with E-state index in [2.05, 4.69) is 0 Å². The Balaban J connectivity index is 2.04. The minimum absolute atomic E-state index is 0.305. The predicted octanol–water partition coefficient (Wildman–Crippen LogP) is 2.44. The van der Waals surface area contributed by atoms with E-state index in [4.69, 9.17) is 9.84 Å². The SMILES string of the molecule is O=C(CO)c1cccc(OCc2ccccc2)c1. The lowest BCUT2D eigenvalue weighted by Gasteiger charge is -2.07. The fourth-order valence-electron chi connectivity index (χ4n) is 1.59. The van der Waals surface area contributed by atoms with E-state index in [1.54, 1.807) is 24.3 Å². The van der Waals surface area contributed by atoms with Gasteiger partial charge in [0.2, 0.25) is 0 Å². The molecule has 2 aromatic carbocycles. The van der Waals surface area contributed by atoms with Gasteiger partial charge in [-0.2, -0.15) is 0 Å². The van der Waals surface area contributed by atoms with Crippen molar-refractivity contribution in [1.82, 2.24) is 0 Å². The molecule has 0 fully saturated rings. The minimum atomic E-state index is -0.484. The van der Waals surface area contributed by atoms with Gasteiger partial charge in [-0.05, 0) is 17.7 Å². The van der Waals surface area contributed by atoms with Gasteiger partial charge in [-0.1, -0.05) is 42.5 Å². The zero-order chi connectivity index (χ0) is 12.8. The number of aliphatic hydroxyl groups is 1. The number of carbonyl (C=O) groups is 1. The molecule has 0 atom stereocenters. The molecule has 0 heterocycles. The Hall–Kier alpha value is -2.13. The Kier molecular flexibility index (Phi) is 4.10. The summed E-state index contributed by atoms with van der Waals surface area (Å²) in [6.45, 7) is -0.0280. The quantitative estimate of drug-likeness (QED) is 0.819. The molecule has 0 amide bonds. The molecule has 0 aliphatic rings. The van der Waals surface area contributed by atoms with Gasteiger partial charge in [0.05, 0.1) is 0 Å².